The Hall–Kier alpha value is 1.75. The minimum Gasteiger partial charge on any atom is -0.510 e. The fourth-order valence-electron chi connectivity index (χ4n) is 4.26. The van der Waals surface area contributed by atoms with Gasteiger partial charge in [0, 0.05) is 4.38 Å². The van der Waals surface area contributed by atoms with Crippen molar-refractivity contribution in [1.82, 2.24) is 0 Å². The van der Waals surface area contributed by atoms with Crippen molar-refractivity contribution in [2.75, 3.05) is 0 Å². The molecule has 3 rings (SSSR count). The van der Waals surface area contributed by atoms with Gasteiger partial charge in [0.1, 0.15) is 0 Å². The Morgan fingerprint density at radius 3 is 2.60 bits per heavy atom. The Labute approximate surface area is 145 Å². The summed E-state index contributed by atoms with van der Waals surface area (Å²) in [6, 6.07) is 0. The molecule has 4 heteroatoms. The molecule has 3 saturated carbocycles. The van der Waals surface area contributed by atoms with Crippen LogP contribution >= 0.6 is 12.2 Å². The van der Waals surface area contributed by atoms with E-state index >= 15 is 0 Å². The summed E-state index contributed by atoms with van der Waals surface area (Å²) in [5.41, 5.74) is 0. The van der Waals surface area contributed by atoms with Crippen molar-refractivity contribution >= 4 is 29.2 Å². The summed E-state index contributed by atoms with van der Waals surface area (Å²) in [5, 5.41) is 0. The van der Waals surface area contributed by atoms with Crippen molar-refractivity contribution in [1.29, 1.82) is 0 Å². The van der Waals surface area contributed by atoms with E-state index in [2.05, 4.69) is 0 Å². The second-order valence-electron chi connectivity index (χ2n) is 5.06. The van der Waals surface area contributed by atoms with Crippen molar-refractivity contribution in [3.8, 4) is 0 Å². The average Bonchev–Trinajstić information content (AvgIpc) is 2.68. The van der Waals surface area contributed by atoms with Crippen molar-refractivity contribution in [2.45, 2.75) is 38.2 Å². The average molecular weight is 266 g/mol. The van der Waals surface area contributed by atoms with Gasteiger partial charge in [-0.05, 0) is 49.4 Å². The van der Waals surface area contributed by atoms with Gasteiger partial charge in [0.05, 0.1) is 6.10 Å². The van der Waals surface area contributed by atoms with Crippen molar-refractivity contribution in [2.24, 2.45) is 23.7 Å². The molecule has 3 aliphatic carbocycles. The maximum Gasteiger partial charge on any atom is 1.00 e. The summed E-state index contributed by atoms with van der Waals surface area (Å²) >= 11 is 9.72. The van der Waals surface area contributed by atoms with Gasteiger partial charge in [0.25, 0.3) is 0 Å². The van der Waals surface area contributed by atoms with Gasteiger partial charge in [0.15, 0.2) is 0 Å². The first-order valence-electron chi connectivity index (χ1n) is 5.63. The SMILES string of the molecule is S=C([S-])O[C@@H]1C[C@H]2C[C@@H]1[C@H]1CCC[C@@H]21.[K+]. The molecule has 0 N–H and O–H groups in total. The molecule has 5 atom stereocenters. The molecule has 0 saturated heterocycles. The van der Waals surface area contributed by atoms with Crippen molar-refractivity contribution in [3.05, 3.63) is 0 Å². The summed E-state index contributed by atoms with van der Waals surface area (Å²) in [6.45, 7) is 0. The predicted molar refractivity (Wildman–Crippen MR) is 61.9 cm³/mol. The normalized spacial score (nSPS) is 46.0. The van der Waals surface area contributed by atoms with Crippen LogP contribution < -0.4 is 51.4 Å². The molecule has 0 aromatic carbocycles. The zero-order chi connectivity index (χ0) is 9.71. The van der Waals surface area contributed by atoms with Gasteiger partial charge >= 0.3 is 51.4 Å². The van der Waals surface area contributed by atoms with Gasteiger partial charge in [-0.25, -0.2) is 0 Å². The van der Waals surface area contributed by atoms with E-state index in [0.29, 0.717) is 10.5 Å². The molecule has 15 heavy (non-hydrogen) atoms. The van der Waals surface area contributed by atoms with E-state index in [1.807, 2.05) is 0 Å². The molecule has 1 nitrogen and oxygen atoms in total. The summed E-state index contributed by atoms with van der Waals surface area (Å²) in [6.07, 6.45) is 7.32. The molecule has 0 spiro atoms. The van der Waals surface area contributed by atoms with Crippen LogP contribution in [0.4, 0.5) is 0 Å². The van der Waals surface area contributed by atoms with E-state index in [9.17, 15) is 0 Å². The molecule has 0 heterocycles. The fourth-order valence-corrected chi connectivity index (χ4v) is 4.51. The molecule has 3 fully saturated rings. The molecular weight excluding hydrogens is 251 g/mol. The van der Waals surface area contributed by atoms with E-state index < -0.39 is 0 Å². The maximum absolute atomic E-state index is 5.60. The van der Waals surface area contributed by atoms with Crippen LogP contribution in [0.3, 0.4) is 0 Å². The Bertz CT molecular complexity index is 271. The third kappa shape index (κ3) is 2.33. The number of ether oxygens (including phenoxy) is 1. The van der Waals surface area contributed by atoms with Gasteiger partial charge in [0.2, 0.25) is 0 Å². The molecule has 3 aliphatic rings. The molecule has 0 amide bonds. The van der Waals surface area contributed by atoms with Crippen LogP contribution in [0, 0.1) is 23.7 Å². The first kappa shape index (κ1) is 13.2. The smallest absolute Gasteiger partial charge is 0.510 e. The summed E-state index contributed by atoms with van der Waals surface area (Å²) < 4.78 is 5.93. The molecule has 0 aromatic heterocycles. The predicted octanol–water partition coefficient (Wildman–Crippen LogP) is -0.336. The van der Waals surface area contributed by atoms with Crippen LogP contribution in [0.1, 0.15) is 32.1 Å². The number of hydrogen-bond donors (Lipinski definition) is 0. The van der Waals surface area contributed by atoms with E-state index in [0.717, 1.165) is 23.7 Å². The minimum absolute atomic E-state index is 0. The maximum atomic E-state index is 5.60. The Balaban J connectivity index is 0.000000853. The van der Waals surface area contributed by atoms with E-state index in [1.54, 1.807) is 0 Å². The standard InChI is InChI=1S/C11H16OS2.K/c13-11(14)12-10-5-6-4-9(10)8-3-1-2-7(6)8;/h6-10H,1-5H2,(H,13,14);/q;+1/p-1/t6-,7+,8+,9-,10-;/m1./s1. The first-order valence-corrected chi connectivity index (χ1v) is 6.45. The molecule has 78 valence electrons. The first-order chi connectivity index (χ1) is 6.75. The Morgan fingerprint density at radius 2 is 1.87 bits per heavy atom. The van der Waals surface area contributed by atoms with E-state index in [4.69, 9.17) is 29.6 Å². The monoisotopic (exact) mass is 266 g/mol. The van der Waals surface area contributed by atoms with Crippen LogP contribution in [0.5, 0.6) is 0 Å². The second-order valence-corrected chi connectivity index (χ2v) is 6.06. The van der Waals surface area contributed by atoms with Crippen LogP contribution in [0.2, 0.25) is 0 Å². The molecule has 2 bridgehead atoms. The number of hydrogen-bond acceptors (Lipinski definition) is 3. The number of rotatable bonds is 1. The van der Waals surface area contributed by atoms with Crippen LogP contribution in [-0.4, -0.2) is 10.5 Å². The van der Waals surface area contributed by atoms with Gasteiger partial charge < -0.3 is 29.6 Å². The van der Waals surface area contributed by atoms with E-state index in [-0.39, 0.29) is 51.4 Å². The number of thiocarbonyl (C=S) groups is 1. The summed E-state index contributed by atoms with van der Waals surface area (Å²) in [5.74, 6) is 3.69. The molecular formula is C11H15KOS2. The summed E-state index contributed by atoms with van der Waals surface area (Å²) in [4.78, 5) is 0. The van der Waals surface area contributed by atoms with Gasteiger partial charge in [-0.2, -0.15) is 0 Å². The molecule has 0 radical (unpaired) electrons. The largest absolute Gasteiger partial charge is 1.00 e. The fraction of sp³-hybridized carbons (Fsp3) is 0.909. The van der Waals surface area contributed by atoms with Gasteiger partial charge in [-0.15, -0.1) is 0 Å². The van der Waals surface area contributed by atoms with Crippen LogP contribution in [-0.2, 0) is 17.4 Å². The quantitative estimate of drug-likeness (QED) is 0.365. The number of fused-ring (bicyclic) bond motifs is 5. The summed E-state index contributed by atoms with van der Waals surface area (Å²) in [7, 11) is 0. The van der Waals surface area contributed by atoms with Crippen LogP contribution in [0.15, 0.2) is 0 Å². The second kappa shape index (κ2) is 5.17. The molecule has 0 aliphatic heterocycles. The Morgan fingerprint density at radius 1 is 1.13 bits per heavy atom. The van der Waals surface area contributed by atoms with Gasteiger partial charge in [-0.3, -0.25) is 0 Å². The van der Waals surface area contributed by atoms with Gasteiger partial charge in [-0.1, -0.05) is 6.42 Å². The van der Waals surface area contributed by atoms with E-state index in [1.165, 1.54) is 32.1 Å². The third-order valence-corrected chi connectivity index (χ3v) is 4.81. The Kier molecular flexibility index (Phi) is 4.54. The van der Waals surface area contributed by atoms with Crippen molar-refractivity contribution in [3.63, 3.8) is 0 Å². The topological polar surface area (TPSA) is 9.23 Å². The molecule has 0 aromatic rings. The minimum atomic E-state index is 0. The third-order valence-electron chi connectivity index (χ3n) is 4.62. The van der Waals surface area contributed by atoms with Crippen LogP contribution in [0.25, 0.3) is 0 Å². The zero-order valence-corrected chi connectivity index (χ0v) is 13.9. The molecule has 0 unspecified atom stereocenters. The van der Waals surface area contributed by atoms with Crippen molar-refractivity contribution < 1.29 is 56.1 Å². The zero-order valence-electron chi connectivity index (χ0n) is 9.15.